The van der Waals surface area contributed by atoms with Crippen LogP contribution in [0.4, 0.5) is 5.13 Å². The maximum Gasteiger partial charge on any atom is 0.247 e. The van der Waals surface area contributed by atoms with E-state index in [0.717, 1.165) is 11.3 Å². The number of nitrogens with one attached hydrogen (secondary N) is 1. The first-order chi connectivity index (χ1) is 9.54. The van der Waals surface area contributed by atoms with Crippen LogP contribution >= 0.6 is 11.3 Å². The van der Waals surface area contributed by atoms with Gasteiger partial charge >= 0.3 is 0 Å². The van der Waals surface area contributed by atoms with Crippen LogP contribution in [0.15, 0.2) is 23.3 Å². The van der Waals surface area contributed by atoms with Gasteiger partial charge in [-0.15, -0.1) is 10.2 Å². The number of anilines is 1. The van der Waals surface area contributed by atoms with Gasteiger partial charge in [-0.3, -0.25) is 4.79 Å². The second-order valence-electron chi connectivity index (χ2n) is 3.75. The molecule has 20 heavy (non-hydrogen) atoms. The predicted octanol–water partition coefficient (Wildman–Crippen LogP) is 0.224. The molecule has 2 rings (SSSR count). The van der Waals surface area contributed by atoms with Crippen molar-refractivity contribution in [2.24, 2.45) is 5.10 Å². The van der Waals surface area contributed by atoms with Crippen LogP contribution in [0.5, 0.6) is 11.5 Å². The molecule has 0 spiro atoms. The first-order valence-corrected chi connectivity index (χ1v) is 6.28. The van der Waals surface area contributed by atoms with Crippen molar-refractivity contribution in [2.45, 2.75) is 6.42 Å². The molecular formula is C11H11N5O3S. The maximum absolute atomic E-state index is 11.5. The van der Waals surface area contributed by atoms with E-state index in [2.05, 4.69) is 20.7 Å². The Kier molecular flexibility index (Phi) is 4.11. The van der Waals surface area contributed by atoms with Crippen LogP contribution in [-0.2, 0) is 11.2 Å². The molecular weight excluding hydrogens is 282 g/mol. The molecule has 9 heteroatoms. The third-order valence-corrected chi connectivity index (χ3v) is 2.95. The van der Waals surface area contributed by atoms with E-state index in [4.69, 9.17) is 10.8 Å². The predicted molar refractivity (Wildman–Crippen MR) is 73.5 cm³/mol. The lowest BCUT2D eigenvalue weighted by atomic mass is 10.2. The fraction of sp³-hybridized carbons (Fsp3) is 0.0909. The van der Waals surface area contributed by atoms with Gasteiger partial charge in [0.15, 0.2) is 11.5 Å². The molecule has 0 unspecified atom stereocenters. The molecule has 2 aromatic rings. The number of benzene rings is 1. The number of phenols is 2. The smallest absolute Gasteiger partial charge is 0.247 e. The van der Waals surface area contributed by atoms with Crippen molar-refractivity contribution in [3.05, 3.63) is 28.8 Å². The number of carbonyl (C=O) groups is 1. The Labute approximate surface area is 117 Å². The summed E-state index contributed by atoms with van der Waals surface area (Å²) in [4.78, 5) is 11.5. The highest BCUT2D eigenvalue weighted by molar-refractivity contribution is 7.15. The quantitative estimate of drug-likeness (QED) is 0.362. The molecule has 104 valence electrons. The Morgan fingerprint density at radius 3 is 2.85 bits per heavy atom. The van der Waals surface area contributed by atoms with Crippen molar-refractivity contribution in [1.82, 2.24) is 15.6 Å². The molecule has 0 bridgehead atoms. The molecule has 5 N–H and O–H groups in total. The zero-order valence-electron chi connectivity index (χ0n) is 10.1. The Balaban J connectivity index is 1.89. The number of hydrogen-bond donors (Lipinski definition) is 4. The summed E-state index contributed by atoms with van der Waals surface area (Å²) >= 11 is 1.13. The summed E-state index contributed by atoms with van der Waals surface area (Å²) in [5, 5.41) is 30.2. The van der Waals surface area contributed by atoms with Crippen molar-refractivity contribution in [1.29, 1.82) is 0 Å². The van der Waals surface area contributed by atoms with E-state index in [1.54, 1.807) is 0 Å². The van der Waals surface area contributed by atoms with Gasteiger partial charge in [0.25, 0.3) is 0 Å². The van der Waals surface area contributed by atoms with E-state index in [9.17, 15) is 9.90 Å². The largest absolute Gasteiger partial charge is 0.504 e. The molecule has 0 saturated heterocycles. The van der Waals surface area contributed by atoms with Gasteiger partial charge < -0.3 is 15.9 Å². The zero-order valence-corrected chi connectivity index (χ0v) is 11.0. The summed E-state index contributed by atoms with van der Waals surface area (Å²) in [7, 11) is 0. The second-order valence-corrected chi connectivity index (χ2v) is 4.85. The molecule has 0 saturated carbocycles. The van der Waals surface area contributed by atoms with Crippen molar-refractivity contribution in [3.8, 4) is 11.5 Å². The van der Waals surface area contributed by atoms with E-state index in [1.165, 1.54) is 24.4 Å². The molecule has 0 aliphatic heterocycles. The number of nitrogens with zero attached hydrogens (tertiary/aromatic N) is 3. The fourth-order valence-electron chi connectivity index (χ4n) is 1.31. The minimum absolute atomic E-state index is 0.0348. The Morgan fingerprint density at radius 1 is 1.40 bits per heavy atom. The molecule has 0 fully saturated rings. The number of hydrogen-bond acceptors (Lipinski definition) is 8. The van der Waals surface area contributed by atoms with Crippen LogP contribution in [0.25, 0.3) is 0 Å². The van der Waals surface area contributed by atoms with Crippen LogP contribution in [-0.4, -0.2) is 32.5 Å². The van der Waals surface area contributed by atoms with E-state index in [1.807, 2.05) is 0 Å². The molecule has 1 aromatic carbocycles. The fourth-order valence-corrected chi connectivity index (χ4v) is 1.92. The van der Waals surface area contributed by atoms with Crippen LogP contribution < -0.4 is 11.2 Å². The summed E-state index contributed by atoms with van der Waals surface area (Å²) < 4.78 is 0. The van der Waals surface area contributed by atoms with Gasteiger partial charge in [-0.1, -0.05) is 11.3 Å². The molecule has 1 heterocycles. The Hall–Kier alpha value is -2.68. The van der Waals surface area contributed by atoms with Gasteiger partial charge in [0.1, 0.15) is 5.01 Å². The average molecular weight is 293 g/mol. The standard InChI is InChI=1S/C11H11N5O3S/c12-11-16-15-10(20-11)4-9(19)14-13-5-6-1-2-7(17)8(18)3-6/h1-3,5,17-18H,4H2,(H2,12,16)(H,14,19)/b13-5+. The van der Waals surface area contributed by atoms with Crippen LogP contribution in [0.1, 0.15) is 10.6 Å². The molecule has 0 radical (unpaired) electrons. The topological polar surface area (TPSA) is 134 Å². The number of amides is 1. The van der Waals surface area contributed by atoms with Crippen LogP contribution in [0, 0.1) is 0 Å². The van der Waals surface area contributed by atoms with Gasteiger partial charge in [0, 0.05) is 0 Å². The van der Waals surface area contributed by atoms with Gasteiger partial charge in [-0.05, 0) is 23.8 Å². The summed E-state index contributed by atoms with van der Waals surface area (Å²) in [6.07, 6.45) is 1.37. The molecule has 0 atom stereocenters. The van der Waals surface area contributed by atoms with Gasteiger partial charge in [0.2, 0.25) is 11.0 Å². The minimum atomic E-state index is -0.361. The monoisotopic (exact) mass is 293 g/mol. The summed E-state index contributed by atoms with van der Waals surface area (Å²) in [6.45, 7) is 0. The lowest BCUT2D eigenvalue weighted by Crippen LogP contribution is -2.19. The van der Waals surface area contributed by atoms with E-state index < -0.39 is 0 Å². The van der Waals surface area contributed by atoms with E-state index >= 15 is 0 Å². The zero-order chi connectivity index (χ0) is 14.5. The lowest BCUT2D eigenvalue weighted by molar-refractivity contribution is -0.120. The third kappa shape index (κ3) is 3.65. The number of aromatic hydroxyl groups is 2. The van der Waals surface area contributed by atoms with Crippen molar-refractivity contribution >= 4 is 28.6 Å². The number of nitrogen functional groups attached to an aromatic ring is 1. The molecule has 1 amide bonds. The lowest BCUT2D eigenvalue weighted by Gasteiger charge is -1.99. The maximum atomic E-state index is 11.5. The van der Waals surface area contributed by atoms with E-state index in [-0.39, 0.29) is 23.8 Å². The highest BCUT2D eigenvalue weighted by Gasteiger charge is 2.07. The average Bonchev–Trinajstić information content (AvgIpc) is 2.79. The first kappa shape index (κ1) is 13.7. The number of rotatable bonds is 4. The summed E-state index contributed by atoms with van der Waals surface area (Å²) in [6, 6.07) is 4.18. The normalized spacial score (nSPS) is 10.8. The molecule has 8 nitrogen and oxygen atoms in total. The number of aromatic nitrogens is 2. The number of carbonyl (C=O) groups excluding carboxylic acids is 1. The number of nitrogens with two attached hydrogens (primary N) is 1. The Morgan fingerprint density at radius 2 is 2.20 bits per heavy atom. The second kappa shape index (κ2) is 5.97. The number of phenolic OH excluding ortho intramolecular Hbond substituents is 2. The SMILES string of the molecule is Nc1nnc(CC(=O)N/N=C/c2ccc(O)c(O)c2)s1. The van der Waals surface area contributed by atoms with Gasteiger partial charge in [0.05, 0.1) is 12.6 Å². The van der Waals surface area contributed by atoms with Crippen molar-refractivity contribution in [3.63, 3.8) is 0 Å². The molecule has 1 aromatic heterocycles. The third-order valence-electron chi connectivity index (χ3n) is 2.20. The van der Waals surface area contributed by atoms with Crippen LogP contribution in [0.3, 0.4) is 0 Å². The summed E-state index contributed by atoms with van der Waals surface area (Å²) in [5.41, 5.74) is 8.23. The highest BCUT2D eigenvalue weighted by atomic mass is 32.1. The van der Waals surface area contributed by atoms with Gasteiger partial charge in [-0.25, -0.2) is 5.43 Å². The highest BCUT2D eigenvalue weighted by Crippen LogP contribution is 2.23. The van der Waals surface area contributed by atoms with E-state index in [0.29, 0.717) is 15.7 Å². The van der Waals surface area contributed by atoms with Crippen molar-refractivity contribution < 1.29 is 15.0 Å². The van der Waals surface area contributed by atoms with Gasteiger partial charge in [-0.2, -0.15) is 5.10 Å². The molecule has 0 aliphatic rings. The molecule has 0 aliphatic carbocycles. The van der Waals surface area contributed by atoms with Crippen LogP contribution in [0.2, 0.25) is 0 Å². The summed E-state index contributed by atoms with van der Waals surface area (Å²) in [5.74, 6) is -0.843. The first-order valence-electron chi connectivity index (χ1n) is 5.46. The minimum Gasteiger partial charge on any atom is -0.504 e. The van der Waals surface area contributed by atoms with Crippen molar-refractivity contribution in [2.75, 3.05) is 5.73 Å². The Bertz CT molecular complexity index is 655. The number of hydrazone groups is 1.